The van der Waals surface area contributed by atoms with E-state index >= 15 is 0 Å². The molecule has 1 amide bonds. The number of hydrogen-bond donors (Lipinski definition) is 2. The van der Waals surface area contributed by atoms with Crippen LogP contribution in [-0.4, -0.2) is 45.2 Å². The van der Waals surface area contributed by atoms with Crippen molar-refractivity contribution in [2.45, 2.75) is 12.5 Å². The largest absolute Gasteiger partial charge is 0.479 e. The van der Waals surface area contributed by atoms with E-state index < -0.39 is 16.8 Å². The van der Waals surface area contributed by atoms with Crippen molar-refractivity contribution in [1.82, 2.24) is 9.97 Å². The van der Waals surface area contributed by atoms with Gasteiger partial charge < -0.3 is 15.4 Å². The van der Waals surface area contributed by atoms with Gasteiger partial charge in [-0.05, 0) is 6.42 Å². The van der Waals surface area contributed by atoms with Crippen molar-refractivity contribution in [1.29, 1.82) is 0 Å². The molecule has 1 aromatic rings. The highest BCUT2D eigenvalue weighted by Crippen LogP contribution is 2.32. The van der Waals surface area contributed by atoms with Crippen molar-refractivity contribution in [3.8, 4) is 5.88 Å². The van der Waals surface area contributed by atoms with Crippen molar-refractivity contribution in [3.63, 3.8) is 0 Å². The summed E-state index contributed by atoms with van der Waals surface area (Å²) in [5.74, 6) is 1.11. The molecule has 1 aromatic heterocycles. The van der Waals surface area contributed by atoms with Gasteiger partial charge in [0, 0.05) is 22.8 Å². The van der Waals surface area contributed by atoms with Crippen LogP contribution in [0.2, 0.25) is 0 Å². The van der Waals surface area contributed by atoms with Crippen molar-refractivity contribution in [2.24, 2.45) is 0 Å². The topological polar surface area (TPSA) is 93.2 Å². The van der Waals surface area contributed by atoms with Crippen LogP contribution in [0.4, 0.5) is 11.5 Å². The lowest BCUT2D eigenvalue weighted by molar-refractivity contribution is -0.117. The molecule has 2 unspecified atom stereocenters. The Balaban J connectivity index is 2.18. The maximum atomic E-state index is 11.9. The fraction of sp³-hybridized carbons (Fsp3) is 0.500. The van der Waals surface area contributed by atoms with Gasteiger partial charge in [0.1, 0.15) is 18.1 Å². The molecule has 0 saturated carbocycles. The molecule has 0 aliphatic carbocycles. The Morgan fingerprint density at radius 2 is 2.28 bits per heavy atom. The van der Waals surface area contributed by atoms with Crippen LogP contribution < -0.4 is 15.4 Å². The maximum absolute atomic E-state index is 11.9. The lowest BCUT2D eigenvalue weighted by atomic mass is 10.1. The highest BCUT2D eigenvalue weighted by Gasteiger charge is 2.28. The molecule has 0 spiro atoms. The number of carbonyl (C=O) groups is 1. The summed E-state index contributed by atoms with van der Waals surface area (Å²) < 4.78 is 16.1. The summed E-state index contributed by atoms with van der Waals surface area (Å²) in [6.45, 7) is 0. The highest BCUT2D eigenvalue weighted by atomic mass is 32.2. The van der Waals surface area contributed by atoms with Crippen molar-refractivity contribution < 1.29 is 13.7 Å². The number of ether oxygens (including phenoxy) is 1. The molecular weight excluding hydrogens is 256 g/mol. The zero-order valence-corrected chi connectivity index (χ0v) is 10.9. The predicted octanol–water partition coefficient (Wildman–Crippen LogP) is -0.0136. The quantitative estimate of drug-likeness (QED) is 0.799. The molecule has 0 aromatic carbocycles. The van der Waals surface area contributed by atoms with Gasteiger partial charge in [-0.3, -0.25) is 9.00 Å². The zero-order chi connectivity index (χ0) is 13.1. The van der Waals surface area contributed by atoms with Gasteiger partial charge in [0.15, 0.2) is 5.82 Å². The van der Waals surface area contributed by atoms with Gasteiger partial charge in [-0.2, -0.15) is 4.98 Å². The molecule has 0 bridgehead atoms. The Morgan fingerprint density at radius 3 is 2.94 bits per heavy atom. The van der Waals surface area contributed by atoms with Crippen LogP contribution in [0.3, 0.4) is 0 Å². The van der Waals surface area contributed by atoms with E-state index in [0.29, 0.717) is 29.6 Å². The van der Waals surface area contributed by atoms with Crippen LogP contribution in [0.1, 0.15) is 6.42 Å². The lowest BCUT2D eigenvalue weighted by Gasteiger charge is -2.26. The number of aromatic nitrogens is 2. The molecule has 0 fully saturated rings. The van der Waals surface area contributed by atoms with Gasteiger partial charge >= 0.3 is 0 Å². The van der Waals surface area contributed by atoms with E-state index in [2.05, 4.69) is 20.6 Å². The van der Waals surface area contributed by atoms with Gasteiger partial charge in [0.25, 0.3) is 0 Å². The Hall–Kier alpha value is -1.70. The number of anilines is 2. The molecule has 7 nitrogen and oxygen atoms in total. The first-order valence-corrected chi connectivity index (χ1v) is 7.11. The minimum Gasteiger partial charge on any atom is -0.479 e. The molecule has 1 aliphatic rings. The summed E-state index contributed by atoms with van der Waals surface area (Å²) in [5.41, 5.74) is 0.443. The minimum atomic E-state index is -0.923. The number of nitrogens with zero attached hydrogens (tertiary/aromatic N) is 2. The SMILES string of the molecule is COc1ncnc2c1NC(=O)C(CCS(C)=O)N2. The highest BCUT2D eigenvalue weighted by molar-refractivity contribution is 7.84. The number of rotatable bonds is 4. The fourth-order valence-corrected chi connectivity index (χ4v) is 2.24. The van der Waals surface area contributed by atoms with Crippen LogP contribution in [0.5, 0.6) is 5.88 Å². The van der Waals surface area contributed by atoms with E-state index in [1.165, 1.54) is 13.4 Å². The third kappa shape index (κ3) is 2.58. The van der Waals surface area contributed by atoms with E-state index in [4.69, 9.17) is 4.74 Å². The molecule has 2 atom stereocenters. The minimum absolute atomic E-state index is 0.193. The van der Waals surface area contributed by atoms with Crippen LogP contribution in [-0.2, 0) is 15.6 Å². The number of amides is 1. The second-order valence-corrected chi connectivity index (χ2v) is 5.41. The molecule has 2 heterocycles. The van der Waals surface area contributed by atoms with E-state index in [-0.39, 0.29) is 5.91 Å². The predicted molar refractivity (Wildman–Crippen MR) is 68.2 cm³/mol. The lowest BCUT2D eigenvalue weighted by Crippen LogP contribution is -2.40. The average Bonchev–Trinajstić information content (AvgIpc) is 2.35. The molecule has 0 radical (unpaired) electrons. The normalized spacial score (nSPS) is 19.4. The summed E-state index contributed by atoms with van der Waals surface area (Å²) >= 11 is 0. The van der Waals surface area contributed by atoms with E-state index in [1.807, 2.05) is 0 Å². The number of carbonyl (C=O) groups excluding carboxylic acids is 1. The number of fused-ring (bicyclic) bond motifs is 1. The Bertz CT molecular complexity index is 494. The summed E-state index contributed by atoms with van der Waals surface area (Å²) in [6.07, 6.45) is 3.46. The molecular formula is C10H14N4O3S. The van der Waals surface area contributed by atoms with Gasteiger partial charge in [0.2, 0.25) is 11.8 Å². The third-order valence-electron chi connectivity index (χ3n) is 2.58. The second-order valence-electron chi connectivity index (χ2n) is 3.86. The third-order valence-corrected chi connectivity index (χ3v) is 3.39. The number of hydrogen-bond acceptors (Lipinski definition) is 6. The van der Waals surface area contributed by atoms with E-state index in [9.17, 15) is 9.00 Å². The van der Waals surface area contributed by atoms with Gasteiger partial charge in [0.05, 0.1) is 7.11 Å². The summed E-state index contributed by atoms with van der Waals surface area (Å²) in [5, 5.41) is 5.70. The molecule has 2 N–H and O–H groups in total. The van der Waals surface area contributed by atoms with Crippen LogP contribution in [0.15, 0.2) is 6.33 Å². The van der Waals surface area contributed by atoms with E-state index in [1.54, 1.807) is 6.26 Å². The Morgan fingerprint density at radius 1 is 1.50 bits per heavy atom. The average molecular weight is 270 g/mol. The van der Waals surface area contributed by atoms with Crippen LogP contribution in [0.25, 0.3) is 0 Å². The van der Waals surface area contributed by atoms with Gasteiger partial charge in [-0.15, -0.1) is 0 Å². The van der Waals surface area contributed by atoms with Crippen molar-refractivity contribution in [3.05, 3.63) is 6.33 Å². The van der Waals surface area contributed by atoms with Crippen LogP contribution in [0, 0.1) is 0 Å². The van der Waals surface area contributed by atoms with Gasteiger partial charge in [-0.1, -0.05) is 0 Å². The Kier molecular flexibility index (Phi) is 3.75. The molecule has 18 heavy (non-hydrogen) atoms. The molecule has 8 heteroatoms. The first kappa shape index (κ1) is 12.7. The first-order valence-electron chi connectivity index (χ1n) is 5.38. The molecule has 1 aliphatic heterocycles. The fourth-order valence-electron chi connectivity index (χ4n) is 1.67. The van der Waals surface area contributed by atoms with E-state index in [0.717, 1.165) is 0 Å². The van der Waals surface area contributed by atoms with Crippen molar-refractivity contribution in [2.75, 3.05) is 29.8 Å². The summed E-state index contributed by atoms with van der Waals surface area (Å²) in [4.78, 5) is 19.8. The standard InChI is InChI=1S/C10H14N4O3S/c1-17-10-7-8(11-5-12-10)13-6(9(15)14-7)3-4-18(2)16/h5-6H,3-4H2,1-2H3,(H,14,15)(H,11,12,13). The van der Waals surface area contributed by atoms with Gasteiger partial charge in [-0.25, -0.2) is 4.98 Å². The monoisotopic (exact) mass is 270 g/mol. The summed E-state index contributed by atoms with van der Waals surface area (Å²) in [7, 11) is 0.550. The molecule has 98 valence electrons. The first-order chi connectivity index (χ1) is 8.61. The Labute approximate surface area is 107 Å². The smallest absolute Gasteiger partial charge is 0.247 e. The second kappa shape index (κ2) is 5.30. The maximum Gasteiger partial charge on any atom is 0.247 e. The zero-order valence-electron chi connectivity index (χ0n) is 10.1. The molecule has 0 saturated heterocycles. The van der Waals surface area contributed by atoms with Crippen LogP contribution >= 0.6 is 0 Å². The van der Waals surface area contributed by atoms with Crippen molar-refractivity contribution >= 4 is 28.2 Å². The number of methoxy groups -OCH3 is 1. The molecule has 2 rings (SSSR count). The summed E-state index contributed by atoms with van der Waals surface area (Å²) in [6, 6.07) is -0.430. The number of nitrogens with one attached hydrogen (secondary N) is 2.